The van der Waals surface area contributed by atoms with Crippen LogP contribution in [-0.4, -0.2) is 53.3 Å². The number of fused-ring (bicyclic) bond motifs is 1. The highest BCUT2D eigenvalue weighted by atomic mass is 19.1. The predicted octanol–water partition coefficient (Wildman–Crippen LogP) is 2.43. The summed E-state index contributed by atoms with van der Waals surface area (Å²) in [5.74, 6) is -0.474. The van der Waals surface area contributed by atoms with Gasteiger partial charge in [0.2, 0.25) is 5.91 Å². The van der Waals surface area contributed by atoms with Gasteiger partial charge in [0, 0.05) is 30.1 Å². The number of benzene rings is 1. The molecule has 2 fully saturated rings. The molecule has 144 valence electrons. The number of furan rings is 1. The minimum Gasteiger partial charge on any atom is -0.451 e. The lowest BCUT2D eigenvalue weighted by Crippen LogP contribution is -2.51. The van der Waals surface area contributed by atoms with Gasteiger partial charge in [-0.15, -0.1) is 0 Å². The molecule has 1 atom stereocenters. The number of amides is 2. The number of hydrogen-bond donors (Lipinski definition) is 1. The number of rotatable bonds is 3. The Morgan fingerprint density at radius 3 is 2.63 bits per heavy atom. The van der Waals surface area contributed by atoms with Crippen LogP contribution in [-0.2, 0) is 4.79 Å². The Morgan fingerprint density at radius 1 is 1.19 bits per heavy atom. The number of aryl methyl sites for hydroxylation is 1. The molecule has 0 spiro atoms. The minimum absolute atomic E-state index is 0.157. The van der Waals surface area contributed by atoms with Crippen LogP contribution in [0, 0.1) is 12.7 Å². The molecular formula is C20H24FN3O3. The van der Waals surface area contributed by atoms with Gasteiger partial charge in [-0.3, -0.25) is 14.5 Å². The molecule has 2 amide bonds. The molecule has 0 saturated carbocycles. The monoisotopic (exact) mass is 373 g/mol. The van der Waals surface area contributed by atoms with E-state index in [4.69, 9.17) is 10.2 Å². The number of primary amides is 1. The molecule has 2 aromatic rings. The van der Waals surface area contributed by atoms with E-state index in [9.17, 15) is 14.0 Å². The highest BCUT2D eigenvalue weighted by molar-refractivity contribution is 5.99. The highest BCUT2D eigenvalue weighted by Crippen LogP contribution is 2.29. The Bertz CT molecular complexity index is 886. The number of nitrogens with zero attached hydrogens (tertiary/aromatic N) is 2. The molecule has 0 aliphatic carbocycles. The first-order valence-corrected chi connectivity index (χ1v) is 9.48. The van der Waals surface area contributed by atoms with Crippen molar-refractivity contribution in [2.75, 3.05) is 19.6 Å². The van der Waals surface area contributed by atoms with Crippen molar-refractivity contribution in [2.24, 2.45) is 5.73 Å². The lowest BCUT2D eigenvalue weighted by Gasteiger charge is -2.38. The van der Waals surface area contributed by atoms with Crippen molar-refractivity contribution < 1.29 is 18.4 Å². The quantitative estimate of drug-likeness (QED) is 0.896. The maximum absolute atomic E-state index is 13.5. The molecule has 2 aliphatic rings. The maximum atomic E-state index is 13.5. The van der Waals surface area contributed by atoms with Crippen molar-refractivity contribution in [2.45, 2.75) is 44.7 Å². The van der Waals surface area contributed by atoms with Crippen LogP contribution in [0.25, 0.3) is 11.0 Å². The molecule has 1 unspecified atom stereocenters. The number of carbonyl (C=O) groups is 2. The van der Waals surface area contributed by atoms with Gasteiger partial charge in [-0.25, -0.2) is 4.39 Å². The molecule has 4 rings (SSSR count). The van der Waals surface area contributed by atoms with E-state index < -0.39 is 0 Å². The predicted molar refractivity (Wildman–Crippen MR) is 98.8 cm³/mol. The third-order valence-electron chi connectivity index (χ3n) is 5.94. The van der Waals surface area contributed by atoms with Gasteiger partial charge in [0.05, 0.1) is 6.04 Å². The van der Waals surface area contributed by atoms with Gasteiger partial charge in [0.25, 0.3) is 5.91 Å². The van der Waals surface area contributed by atoms with Crippen molar-refractivity contribution in [1.29, 1.82) is 0 Å². The molecule has 0 radical (unpaired) electrons. The van der Waals surface area contributed by atoms with E-state index in [1.165, 1.54) is 12.1 Å². The highest BCUT2D eigenvalue weighted by Gasteiger charge is 2.37. The molecule has 0 bridgehead atoms. The van der Waals surface area contributed by atoms with Crippen molar-refractivity contribution in [3.05, 3.63) is 35.3 Å². The van der Waals surface area contributed by atoms with Gasteiger partial charge in [0.1, 0.15) is 11.4 Å². The fraction of sp³-hybridized carbons (Fsp3) is 0.500. The van der Waals surface area contributed by atoms with E-state index in [1.54, 1.807) is 17.9 Å². The normalized spacial score (nSPS) is 21.9. The lowest BCUT2D eigenvalue weighted by atomic mass is 10.0. The molecule has 1 aromatic carbocycles. The Morgan fingerprint density at radius 2 is 1.93 bits per heavy atom. The van der Waals surface area contributed by atoms with Crippen molar-refractivity contribution in [1.82, 2.24) is 9.80 Å². The van der Waals surface area contributed by atoms with E-state index in [2.05, 4.69) is 4.90 Å². The summed E-state index contributed by atoms with van der Waals surface area (Å²) < 4.78 is 19.2. The van der Waals surface area contributed by atoms with Crippen LogP contribution in [0.1, 0.15) is 41.8 Å². The fourth-order valence-corrected chi connectivity index (χ4v) is 4.47. The Balaban J connectivity index is 1.46. The number of piperidine rings is 1. The van der Waals surface area contributed by atoms with E-state index in [1.807, 2.05) is 0 Å². The molecule has 27 heavy (non-hydrogen) atoms. The van der Waals surface area contributed by atoms with E-state index in [0.717, 1.165) is 32.2 Å². The zero-order chi connectivity index (χ0) is 19.1. The summed E-state index contributed by atoms with van der Waals surface area (Å²) in [7, 11) is 0. The molecule has 7 heteroatoms. The van der Waals surface area contributed by atoms with Crippen LogP contribution in [0.5, 0.6) is 0 Å². The van der Waals surface area contributed by atoms with Crippen LogP contribution in [0.2, 0.25) is 0 Å². The summed E-state index contributed by atoms with van der Waals surface area (Å²) in [6, 6.07) is 4.38. The first-order chi connectivity index (χ1) is 13.0. The van der Waals surface area contributed by atoms with E-state index in [-0.39, 0.29) is 35.5 Å². The van der Waals surface area contributed by atoms with Crippen LogP contribution in [0.3, 0.4) is 0 Å². The first-order valence-electron chi connectivity index (χ1n) is 9.48. The summed E-state index contributed by atoms with van der Waals surface area (Å²) in [6.07, 6.45) is 3.43. The molecule has 1 aromatic heterocycles. The van der Waals surface area contributed by atoms with Crippen molar-refractivity contribution in [3.8, 4) is 0 Å². The van der Waals surface area contributed by atoms with Crippen LogP contribution in [0.15, 0.2) is 22.6 Å². The second kappa shape index (κ2) is 6.96. The average molecular weight is 373 g/mol. The van der Waals surface area contributed by atoms with E-state index >= 15 is 0 Å². The third-order valence-corrected chi connectivity index (χ3v) is 5.94. The van der Waals surface area contributed by atoms with E-state index in [0.29, 0.717) is 29.6 Å². The summed E-state index contributed by atoms with van der Waals surface area (Å²) >= 11 is 0. The molecule has 6 nitrogen and oxygen atoms in total. The molecule has 2 N–H and O–H groups in total. The Hall–Kier alpha value is -2.41. The van der Waals surface area contributed by atoms with Gasteiger partial charge in [-0.1, -0.05) is 0 Å². The lowest BCUT2D eigenvalue weighted by molar-refractivity contribution is -0.123. The van der Waals surface area contributed by atoms with Gasteiger partial charge in [-0.2, -0.15) is 0 Å². The van der Waals surface area contributed by atoms with Crippen LogP contribution in [0.4, 0.5) is 4.39 Å². The number of hydrogen-bond acceptors (Lipinski definition) is 4. The van der Waals surface area contributed by atoms with Gasteiger partial charge in [0.15, 0.2) is 5.76 Å². The minimum atomic E-state index is -0.346. The number of halogens is 1. The van der Waals surface area contributed by atoms with Crippen LogP contribution < -0.4 is 5.73 Å². The molecule has 3 heterocycles. The second-order valence-electron chi connectivity index (χ2n) is 7.52. The molecular weight excluding hydrogens is 349 g/mol. The number of likely N-dealkylation sites (tertiary alicyclic amines) is 2. The summed E-state index contributed by atoms with van der Waals surface area (Å²) in [4.78, 5) is 28.6. The maximum Gasteiger partial charge on any atom is 0.289 e. The number of nitrogens with two attached hydrogens (primary N) is 1. The average Bonchev–Trinajstić information content (AvgIpc) is 3.27. The largest absolute Gasteiger partial charge is 0.451 e. The second-order valence-corrected chi connectivity index (χ2v) is 7.52. The summed E-state index contributed by atoms with van der Waals surface area (Å²) in [5.41, 5.74) is 6.72. The van der Waals surface area contributed by atoms with Crippen molar-refractivity contribution in [3.63, 3.8) is 0 Å². The van der Waals surface area contributed by atoms with Crippen LogP contribution >= 0.6 is 0 Å². The van der Waals surface area contributed by atoms with Crippen molar-refractivity contribution >= 4 is 22.8 Å². The molecule has 2 saturated heterocycles. The Labute approximate surface area is 157 Å². The van der Waals surface area contributed by atoms with Gasteiger partial charge >= 0.3 is 0 Å². The standard InChI is InChI=1S/C20H24FN3O3/c1-12-15-11-13(21)4-5-17(15)27-18(12)20(26)23-9-6-14(7-10-23)24-8-2-3-16(24)19(22)25/h4-5,11,14,16H,2-3,6-10H2,1H3,(H2,22,25). The fourth-order valence-electron chi connectivity index (χ4n) is 4.47. The summed E-state index contributed by atoms with van der Waals surface area (Å²) in [6.45, 7) is 3.89. The summed E-state index contributed by atoms with van der Waals surface area (Å²) in [5, 5.41) is 0.634. The third kappa shape index (κ3) is 3.20. The number of carbonyl (C=O) groups excluding carboxylic acids is 2. The van der Waals surface area contributed by atoms with Gasteiger partial charge < -0.3 is 15.1 Å². The zero-order valence-electron chi connectivity index (χ0n) is 15.4. The molecule has 2 aliphatic heterocycles. The smallest absolute Gasteiger partial charge is 0.289 e. The SMILES string of the molecule is Cc1c(C(=O)N2CCC(N3CCCC3C(N)=O)CC2)oc2ccc(F)cc12. The Kier molecular flexibility index (Phi) is 4.63. The zero-order valence-corrected chi connectivity index (χ0v) is 15.4. The topological polar surface area (TPSA) is 79.8 Å². The van der Waals surface area contributed by atoms with Gasteiger partial charge in [-0.05, 0) is 57.4 Å². The first kappa shape index (κ1) is 18.0.